The second kappa shape index (κ2) is 7.12. The molecule has 4 heteroatoms. The molecule has 0 aromatic carbocycles. The van der Waals surface area contributed by atoms with Crippen molar-refractivity contribution in [2.75, 3.05) is 13.2 Å². The quantitative estimate of drug-likeness (QED) is 0.282. The van der Waals surface area contributed by atoms with E-state index in [2.05, 4.69) is 6.58 Å². The topological polar surface area (TPSA) is 52.6 Å². The summed E-state index contributed by atoms with van der Waals surface area (Å²) in [6.45, 7) is 7.63. The smallest absolute Gasteiger partial charge is 0.344 e. The molecule has 0 amide bonds. The molecule has 4 nitrogen and oxygen atoms in total. The number of hydrogen-bond donors (Lipinski definition) is 0. The fraction of sp³-hybridized carbons (Fsp3) is 0.600. The zero-order valence-electron chi connectivity index (χ0n) is 8.67. The molecule has 0 spiro atoms. The molecule has 0 aliphatic rings. The number of ether oxygens (including phenoxy) is 2. The molecule has 0 N–H and O–H groups in total. The van der Waals surface area contributed by atoms with Crippen LogP contribution < -0.4 is 0 Å². The molecule has 0 atom stereocenters. The third-order valence-electron chi connectivity index (χ3n) is 1.37. The molecule has 0 aromatic rings. The van der Waals surface area contributed by atoms with Crippen molar-refractivity contribution in [3.8, 4) is 0 Å². The number of hydrogen-bond acceptors (Lipinski definition) is 4. The molecule has 0 radical (unpaired) electrons. The molecule has 0 fully saturated rings. The van der Waals surface area contributed by atoms with E-state index in [-0.39, 0.29) is 5.57 Å². The Bertz CT molecular complexity index is 198. The van der Waals surface area contributed by atoms with Gasteiger partial charge in [-0.3, -0.25) is 0 Å². The summed E-state index contributed by atoms with van der Waals surface area (Å²) in [6.07, 6.45) is 1.42. The van der Waals surface area contributed by atoms with Gasteiger partial charge in [-0.2, -0.15) is 0 Å². The number of rotatable bonds is 6. The van der Waals surface area contributed by atoms with Crippen LogP contribution in [-0.4, -0.2) is 25.2 Å². The summed E-state index contributed by atoms with van der Waals surface area (Å²) in [6, 6.07) is 0. The Morgan fingerprint density at radius 2 is 1.36 bits per heavy atom. The van der Waals surface area contributed by atoms with E-state index in [4.69, 9.17) is 9.47 Å². The Kier molecular flexibility index (Phi) is 6.45. The Labute approximate surface area is 83.9 Å². The van der Waals surface area contributed by atoms with Crippen molar-refractivity contribution < 1.29 is 19.1 Å². The van der Waals surface area contributed by atoms with Crippen molar-refractivity contribution in [3.05, 3.63) is 12.2 Å². The van der Waals surface area contributed by atoms with E-state index in [1.807, 2.05) is 13.8 Å². The van der Waals surface area contributed by atoms with Crippen molar-refractivity contribution in [3.63, 3.8) is 0 Å². The highest BCUT2D eigenvalue weighted by Gasteiger charge is 2.17. The van der Waals surface area contributed by atoms with Crippen LogP contribution in [-0.2, 0) is 19.1 Å². The van der Waals surface area contributed by atoms with Gasteiger partial charge < -0.3 is 9.47 Å². The van der Waals surface area contributed by atoms with Crippen LogP contribution in [0.5, 0.6) is 0 Å². The Morgan fingerprint density at radius 1 is 1.00 bits per heavy atom. The summed E-state index contributed by atoms with van der Waals surface area (Å²) >= 11 is 0. The molecule has 0 aliphatic carbocycles. The van der Waals surface area contributed by atoms with E-state index >= 15 is 0 Å². The van der Waals surface area contributed by atoms with Crippen molar-refractivity contribution in [2.24, 2.45) is 0 Å². The molecule has 14 heavy (non-hydrogen) atoms. The third kappa shape index (κ3) is 4.64. The van der Waals surface area contributed by atoms with Gasteiger partial charge in [-0.25, -0.2) is 9.59 Å². The maximum absolute atomic E-state index is 11.1. The summed E-state index contributed by atoms with van der Waals surface area (Å²) < 4.78 is 9.43. The lowest BCUT2D eigenvalue weighted by Gasteiger charge is -2.05. The fourth-order valence-electron chi connectivity index (χ4n) is 0.647. The molecule has 0 unspecified atom stereocenters. The van der Waals surface area contributed by atoms with Gasteiger partial charge in [-0.15, -0.1) is 0 Å². The lowest BCUT2D eigenvalue weighted by molar-refractivity contribution is -0.147. The number of esters is 2. The first-order valence-corrected chi connectivity index (χ1v) is 4.66. The van der Waals surface area contributed by atoms with Crippen LogP contribution in [0, 0.1) is 0 Å². The Hall–Kier alpha value is -1.32. The Balaban J connectivity index is 3.92. The van der Waals surface area contributed by atoms with Crippen LogP contribution in [0.4, 0.5) is 0 Å². The van der Waals surface area contributed by atoms with Gasteiger partial charge in [0.05, 0.1) is 13.2 Å². The molecule has 0 saturated heterocycles. The van der Waals surface area contributed by atoms with Crippen LogP contribution >= 0.6 is 0 Å². The molecule has 0 rings (SSSR count). The van der Waals surface area contributed by atoms with Crippen molar-refractivity contribution in [2.45, 2.75) is 26.7 Å². The van der Waals surface area contributed by atoms with Gasteiger partial charge in [0.2, 0.25) is 0 Å². The van der Waals surface area contributed by atoms with Crippen molar-refractivity contribution >= 4 is 11.9 Å². The normalized spacial score (nSPS) is 9.29. The molecule has 80 valence electrons. The maximum atomic E-state index is 11.1. The lowest BCUT2D eigenvalue weighted by atomic mass is 10.3. The van der Waals surface area contributed by atoms with Crippen LogP contribution in [0.3, 0.4) is 0 Å². The zero-order chi connectivity index (χ0) is 11.0. The van der Waals surface area contributed by atoms with Gasteiger partial charge in [0.1, 0.15) is 5.57 Å². The van der Waals surface area contributed by atoms with Gasteiger partial charge in [-0.05, 0) is 12.8 Å². The largest absolute Gasteiger partial charge is 0.462 e. The van der Waals surface area contributed by atoms with Gasteiger partial charge in [0.25, 0.3) is 0 Å². The summed E-state index contributed by atoms with van der Waals surface area (Å²) in [4.78, 5) is 22.2. The predicted octanol–water partition coefficient (Wildman–Crippen LogP) is 1.45. The van der Waals surface area contributed by atoms with E-state index < -0.39 is 11.9 Å². The van der Waals surface area contributed by atoms with E-state index in [0.29, 0.717) is 26.1 Å². The molecular formula is C10H16O4. The molecular weight excluding hydrogens is 184 g/mol. The predicted molar refractivity (Wildman–Crippen MR) is 51.6 cm³/mol. The van der Waals surface area contributed by atoms with Gasteiger partial charge >= 0.3 is 11.9 Å². The first kappa shape index (κ1) is 12.7. The minimum Gasteiger partial charge on any atom is -0.462 e. The molecule has 0 heterocycles. The van der Waals surface area contributed by atoms with Crippen LogP contribution in [0.25, 0.3) is 0 Å². The highest BCUT2D eigenvalue weighted by Crippen LogP contribution is 1.99. The monoisotopic (exact) mass is 200 g/mol. The minimum absolute atomic E-state index is 0.244. The van der Waals surface area contributed by atoms with Gasteiger partial charge in [0, 0.05) is 0 Å². The summed E-state index contributed by atoms with van der Waals surface area (Å²) in [5.74, 6) is -1.40. The number of carbonyl (C=O) groups excluding carboxylic acids is 2. The van der Waals surface area contributed by atoms with E-state index in [9.17, 15) is 9.59 Å². The van der Waals surface area contributed by atoms with E-state index in [1.54, 1.807) is 0 Å². The SMILES string of the molecule is C=C(C(=O)OCCC)C(=O)OCCC. The zero-order valence-corrected chi connectivity index (χ0v) is 8.67. The highest BCUT2D eigenvalue weighted by atomic mass is 16.6. The van der Waals surface area contributed by atoms with Crippen LogP contribution in [0.1, 0.15) is 26.7 Å². The molecule has 0 aromatic heterocycles. The molecule has 0 aliphatic heterocycles. The summed E-state index contributed by atoms with van der Waals surface area (Å²) in [5, 5.41) is 0. The van der Waals surface area contributed by atoms with E-state index in [0.717, 1.165) is 0 Å². The summed E-state index contributed by atoms with van der Waals surface area (Å²) in [5.41, 5.74) is -0.244. The second-order valence-corrected chi connectivity index (χ2v) is 2.75. The fourth-order valence-corrected chi connectivity index (χ4v) is 0.647. The average molecular weight is 200 g/mol. The van der Waals surface area contributed by atoms with Crippen LogP contribution in [0.2, 0.25) is 0 Å². The first-order chi connectivity index (χ1) is 6.63. The first-order valence-electron chi connectivity index (χ1n) is 4.66. The Morgan fingerprint density at radius 3 is 1.64 bits per heavy atom. The minimum atomic E-state index is -0.701. The molecule has 0 bridgehead atoms. The molecule has 0 saturated carbocycles. The maximum Gasteiger partial charge on any atom is 0.344 e. The average Bonchev–Trinajstić information content (AvgIpc) is 2.21. The van der Waals surface area contributed by atoms with Gasteiger partial charge in [-0.1, -0.05) is 20.4 Å². The lowest BCUT2D eigenvalue weighted by Crippen LogP contribution is -2.18. The third-order valence-corrected chi connectivity index (χ3v) is 1.37. The van der Waals surface area contributed by atoms with Crippen LogP contribution in [0.15, 0.2) is 12.2 Å². The standard InChI is InChI=1S/C10H16O4/c1-4-6-13-9(11)8(3)10(12)14-7-5-2/h3-7H2,1-2H3. The summed E-state index contributed by atoms with van der Waals surface area (Å²) in [7, 11) is 0. The van der Waals surface area contributed by atoms with E-state index in [1.165, 1.54) is 0 Å². The second-order valence-electron chi connectivity index (χ2n) is 2.75. The van der Waals surface area contributed by atoms with Crippen molar-refractivity contribution in [1.82, 2.24) is 0 Å². The number of carbonyl (C=O) groups is 2. The van der Waals surface area contributed by atoms with Gasteiger partial charge in [0.15, 0.2) is 0 Å². The highest BCUT2D eigenvalue weighted by molar-refractivity contribution is 6.13. The van der Waals surface area contributed by atoms with Crippen molar-refractivity contribution in [1.29, 1.82) is 0 Å².